The third-order valence-electron chi connectivity index (χ3n) is 4.61. The van der Waals surface area contributed by atoms with Crippen molar-refractivity contribution < 1.29 is 44.1 Å². The Morgan fingerprint density at radius 1 is 0.844 bits per heavy atom. The summed E-state index contributed by atoms with van der Waals surface area (Å²) in [7, 11) is 0. The van der Waals surface area contributed by atoms with Gasteiger partial charge < -0.3 is 42.7 Å². The van der Waals surface area contributed by atoms with Crippen molar-refractivity contribution in [1.82, 2.24) is 16.0 Å². The number of amides is 4. The molecule has 0 heterocycles. The lowest BCUT2D eigenvalue weighted by molar-refractivity contribution is -0.144. The zero-order valence-corrected chi connectivity index (χ0v) is 18.0. The molecule has 4 amide bonds. The molecule has 0 rings (SSSR count). The molecule has 0 radical (unpaired) electrons. The van der Waals surface area contributed by atoms with Crippen LogP contribution in [0.2, 0.25) is 0 Å². The zero-order valence-electron chi connectivity index (χ0n) is 18.0. The molecule has 0 aliphatic heterocycles. The second kappa shape index (κ2) is 13.2. The van der Waals surface area contributed by atoms with Gasteiger partial charge in [0.15, 0.2) is 0 Å². The van der Waals surface area contributed by atoms with Crippen LogP contribution in [-0.4, -0.2) is 81.2 Å². The molecule has 6 atom stereocenters. The van der Waals surface area contributed by atoms with E-state index in [2.05, 4.69) is 16.0 Å². The maximum Gasteiger partial charge on any atom is 0.326 e. The van der Waals surface area contributed by atoms with Gasteiger partial charge in [0.2, 0.25) is 23.6 Å². The van der Waals surface area contributed by atoms with Crippen LogP contribution in [-0.2, 0) is 28.8 Å². The molecule has 0 aromatic carbocycles. The lowest BCUT2D eigenvalue weighted by Crippen LogP contribution is -2.60. The van der Waals surface area contributed by atoms with E-state index in [0.717, 1.165) is 6.92 Å². The quantitative estimate of drug-likeness (QED) is 0.127. The molecule has 0 spiro atoms. The molecule has 32 heavy (non-hydrogen) atoms. The first-order chi connectivity index (χ1) is 14.7. The van der Waals surface area contributed by atoms with Gasteiger partial charge in [-0.3, -0.25) is 24.0 Å². The van der Waals surface area contributed by atoms with Gasteiger partial charge in [0, 0.05) is 0 Å². The largest absolute Gasteiger partial charge is 0.481 e. The fourth-order valence-electron chi connectivity index (χ4n) is 2.56. The Morgan fingerprint density at radius 3 is 1.78 bits per heavy atom. The third-order valence-corrected chi connectivity index (χ3v) is 4.61. The number of primary amides is 1. The van der Waals surface area contributed by atoms with E-state index in [1.165, 1.54) is 0 Å². The maximum atomic E-state index is 12.6. The first-order valence-corrected chi connectivity index (χ1v) is 9.78. The van der Waals surface area contributed by atoms with Gasteiger partial charge in [-0.25, -0.2) is 4.79 Å². The molecule has 182 valence electrons. The number of hydrogen-bond donors (Lipinski definition) is 8. The molecular weight excluding hydrogens is 430 g/mol. The van der Waals surface area contributed by atoms with E-state index < -0.39 is 84.6 Å². The maximum absolute atomic E-state index is 12.6. The van der Waals surface area contributed by atoms with Crippen LogP contribution in [0.25, 0.3) is 0 Å². The summed E-state index contributed by atoms with van der Waals surface area (Å²) in [6.45, 7) is 4.47. The van der Waals surface area contributed by atoms with Crippen LogP contribution in [0.3, 0.4) is 0 Å². The highest BCUT2D eigenvalue weighted by Crippen LogP contribution is 2.09. The molecule has 0 aliphatic carbocycles. The smallest absolute Gasteiger partial charge is 0.326 e. The van der Waals surface area contributed by atoms with Crippen LogP contribution >= 0.6 is 0 Å². The summed E-state index contributed by atoms with van der Waals surface area (Å²) in [5.74, 6) is -7.31. The zero-order chi connectivity index (χ0) is 25.2. The average molecular weight is 461 g/mol. The van der Waals surface area contributed by atoms with Gasteiger partial charge in [-0.2, -0.15) is 0 Å². The molecule has 14 nitrogen and oxygen atoms in total. The molecule has 0 bridgehead atoms. The van der Waals surface area contributed by atoms with E-state index in [-0.39, 0.29) is 0 Å². The second-order valence-electron chi connectivity index (χ2n) is 7.37. The van der Waals surface area contributed by atoms with Crippen LogP contribution < -0.4 is 27.4 Å². The van der Waals surface area contributed by atoms with Crippen molar-refractivity contribution in [3.8, 4) is 0 Å². The van der Waals surface area contributed by atoms with E-state index in [1.54, 1.807) is 13.8 Å². The lowest BCUT2D eigenvalue weighted by Gasteiger charge is -2.27. The standard InChI is InChI=1S/C18H31N5O9/c1-4-7(2)13(18(31)32)22-17(30)14(8(3)24)23-16(29)10(6-11(20)25)21-15(28)9(19)5-12(26)27/h7-10,13-14,24H,4-6,19H2,1-3H3,(H2,20,25)(H,21,28)(H,22,30)(H,23,29)(H,26,27)(H,31,32). The number of nitrogens with two attached hydrogens (primary N) is 2. The Balaban J connectivity index is 5.50. The number of hydrogen-bond acceptors (Lipinski definition) is 8. The number of carboxylic acid groups (broad SMARTS) is 2. The van der Waals surface area contributed by atoms with Gasteiger partial charge in [0.25, 0.3) is 0 Å². The van der Waals surface area contributed by atoms with Gasteiger partial charge in [-0.15, -0.1) is 0 Å². The normalized spacial score (nSPS) is 16.4. The summed E-state index contributed by atoms with van der Waals surface area (Å²) in [6, 6.07) is -6.08. The Labute approximate surface area is 184 Å². The first kappa shape index (κ1) is 28.7. The summed E-state index contributed by atoms with van der Waals surface area (Å²) in [6.07, 6.45) is -2.52. The Bertz CT molecular complexity index is 728. The molecule has 0 saturated carbocycles. The van der Waals surface area contributed by atoms with Crippen molar-refractivity contribution in [2.75, 3.05) is 0 Å². The SMILES string of the molecule is CCC(C)C(NC(=O)C(NC(=O)C(CC(N)=O)NC(=O)C(N)CC(=O)O)C(C)O)C(=O)O. The van der Waals surface area contributed by atoms with Crippen LogP contribution in [0.4, 0.5) is 0 Å². The topological polar surface area (TPSA) is 251 Å². The highest BCUT2D eigenvalue weighted by Gasteiger charge is 2.34. The Hall–Kier alpha value is -3.26. The number of nitrogens with one attached hydrogen (secondary N) is 3. The van der Waals surface area contributed by atoms with Gasteiger partial charge in [-0.1, -0.05) is 20.3 Å². The fraction of sp³-hybridized carbons (Fsp3) is 0.667. The van der Waals surface area contributed by atoms with E-state index in [9.17, 15) is 39.0 Å². The first-order valence-electron chi connectivity index (χ1n) is 9.78. The number of carbonyl (C=O) groups is 6. The monoisotopic (exact) mass is 461 g/mol. The minimum Gasteiger partial charge on any atom is -0.481 e. The highest BCUT2D eigenvalue weighted by atomic mass is 16.4. The summed E-state index contributed by atoms with van der Waals surface area (Å²) in [4.78, 5) is 70.6. The number of carboxylic acids is 2. The lowest BCUT2D eigenvalue weighted by atomic mass is 9.98. The summed E-state index contributed by atoms with van der Waals surface area (Å²) in [5.41, 5.74) is 10.5. The van der Waals surface area contributed by atoms with Gasteiger partial charge in [-0.05, 0) is 12.8 Å². The second-order valence-corrected chi connectivity index (χ2v) is 7.37. The van der Waals surface area contributed by atoms with Crippen molar-refractivity contribution in [1.29, 1.82) is 0 Å². The van der Waals surface area contributed by atoms with Crippen molar-refractivity contribution in [2.45, 2.75) is 70.3 Å². The van der Waals surface area contributed by atoms with Crippen LogP contribution in [0, 0.1) is 5.92 Å². The van der Waals surface area contributed by atoms with Crippen LogP contribution in [0.5, 0.6) is 0 Å². The minimum absolute atomic E-state index is 0.423. The van der Waals surface area contributed by atoms with E-state index in [0.29, 0.717) is 6.42 Å². The molecule has 0 aromatic heterocycles. The summed E-state index contributed by atoms with van der Waals surface area (Å²) < 4.78 is 0. The molecule has 6 unspecified atom stereocenters. The van der Waals surface area contributed by atoms with Gasteiger partial charge in [0.05, 0.1) is 25.0 Å². The number of aliphatic carboxylic acids is 2. The summed E-state index contributed by atoms with van der Waals surface area (Å²) >= 11 is 0. The molecule has 14 heteroatoms. The Kier molecular flexibility index (Phi) is 11.9. The predicted molar refractivity (Wildman–Crippen MR) is 109 cm³/mol. The molecule has 0 saturated heterocycles. The molecule has 0 aromatic rings. The minimum atomic E-state index is -1.63. The predicted octanol–water partition coefficient (Wildman–Crippen LogP) is -3.37. The number of aliphatic hydroxyl groups excluding tert-OH is 1. The van der Waals surface area contributed by atoms with E-state index in [4.69, 9.17) is 16.6 Å². The van der Waals surface area contributed by atoms with Crippen molar-refractivity contribution >= 4 is 35.6 Å². The van der Waals surface area contributed by atoms with Crippen molar-refractivity contribution in [3.63, 3.8) is 0 Å². The van der Waals surface area contributed by atoms with Crippen molar-refractivity contribution in [3.05, 3.63) is 0 Å². The third kappa shape index (κ3) is 9.70. The van der Waals surface area contributed by atoms with E-state index >= 15 is 0 Å². The average Bonchev–Trinajstić information content (AvgIpc) is 2.67. The van der Waals surface area contributed by atoms with Gasteiger partial charge in [0.1, 0.15) is 18.1 Å². The number of rotatable bonds is 14. The molecule has 10 N–H and O–H groups in total. The number of carbonyl (C=O) groups excluding carboxylic acids is 4. The fourth-order valence-corrected chi connectivity index (χ4v) is 2.56. The van der Waals surface area contributed by atoms with Gasteiger partial charge >= 0.3 is 11.9 Å². The summed E-state index contributed by atoms with van der Waals surface area (Å²) in [5, 5.41) is 34.4. The number of aliphatic hydroxyl groups is 1. The molecule has 0 aliphatic rings. The molecular formula is C18H31N5O9. The van der Waals surface area contributed by atoms with Crippen LogP contribution in [0.1, 0.15) is 40.0 Å². The molecule has 0 fully saturated rings. The Morgan fingerprint density at radius 2 is 1.38 bits per heavy atom. The highest BCUT2D eigenvalue weighted by molar-refractivity contribution is 5.96. The van der Waals surface area contributed by atoms with Crippen molar-refractivity contribution in [2.24, 2.45) is 17.4 Å². The van der Waals surface area contributed by atoms with E-state index in [1.807, 2.05) is 0 Å². The van der Waals surface area contributed by atoms with Crippen LogP contribution in [0.15, 0.2) is 0 Å².